The van der Waals surface area contributed by atoms with Gasteiger partial charge in [0.1, 0.15) is 5.82 Å². The molecule has 84 valence electrons. The number of aliphatic hydroxyl groups is 1. The molecule has 0 amide bonds. The molecule has 0 radical (unpaired) electrons. The Morgan fingerprint density at radius 1 is 1.53 bits per heavy atom. The number of aromatic nitrogens is 1. The summed E-state index contributed by atoms with van der Waals surface area (Å²) in [5.74, 6) is 0.631. The number of nitrogens with one attached hydrogen (secondary N) is 1. The van der Waals surface area contributed by atoms with Gasteiger partial charge in [0.15, 0.2) is 0 Å². The molecular formula is C10H14Cl2N2O. The Morgan fingerprint density at radius 3 is 2.87 bits per heavy atom. The topological polar surface area (TPSA) is 45.1 Å². The van der Waals surface area contributed by atoms with Crippen molar-refractivity contribution < 1.29 is 5.11 Å². The number of pyridine rings is 1. The van der Waals surface area contributed by atoms with Crippen LogP contribution < -0.4 is 5.32 Å². The first kappa shape index (κ1) is 12.6. The monoisotopic (exact) mass is 248 g/mol. The summed E-state index contributed by atoms with van der Waals surface area (Å²) in [6.45, 7) is 2.51. The Balaban J connectivity index is 2.37. The number of nitrogens with zero attached hydrogens (tertiary/aromatic N) is 1. The molecule has 2 N–H and O–H groups in total. The number of hydrogen-bond acceptors (Lipinski definition) is 3. The van der Waals surface area contributed by atoms with Crippen molar-refractivity contribution in [2.75, 3.05) is 11.9 Å². The molecule has 0 spiro atoms. The van der Waals surface area contributed by atoms with Gasteiger partial charge in [-0.05, 0) is 25.8 Å². The second-order valence-corrected chi connectivity index (χ2v) is 4.25. The van der Waals surface area contributed by atoms with Gasteiger partial charge in [0.25, 0.3) is 0 Å². The van der Waals surface area contributed by atoms with Crippen molar-refractivity contribution in [3.63, 3.8) is 0 Å². The maximum absolute atomic E-state index is 9.05. The van der Waals surface area contributed by atoms with Crippen LogP contribution in [-0.4, -0.2) is 22.7 Å². The lowest BCUT2D eigenvalue weighted by atomic mass is 10.2. The second-order valence-electron chi connectivity index (χ2n) is 3.40. The van der Waals surface area contributed by atoms with Crippen LogP contribution in [0.5, 0.6) is 0 Å². The van der Waals surface area contributed by atoms with Crippen LogP contribution in [0.25, 0.3) is 0 Å². The third-order valence-electron chi connectivity index (χ3n) is 1.90. The highest BCUT2D eigenvalue weighted by Crippen LogP contribution is 2.22. The van der Waals surface area contributed by atoms with Crippen LogP contribution in [0.2, 0.25) is 10.0 Å². The lowest BCUT2D eigenvalue weighted by Crippen LogP contribution is -2.07. The molecule has 0 saturated carbocycles. The van der Waals surface area contributed by atoms with E-state index in [9.17, 15) is 0 Å². The molecule has 3 nitrogen and oxygen atoms in total. The predicted molar refractivity (Wildman–Crippen MR) is 63.7 cm³/mol. The average Bonchev–Trinajstić information content (AvgIpc) is 2.14. The highest BCUT2D eigenvalue weighted by molar-refractivity contribution is 6.35. The third-order valence-corrected chi connectivity index (χ3v) is 2.39. The zero-order valence-electron chi connectivity index (χ0n) is 8.50. The maximum atomic E-state index is 9.05. The van der Waals surface area contributed by atoms with E-state index in [4.69, 9.17) is 28.3 Å². The van der Waals surface area contributed by atoms with Crippen molar-refractivity contribution in [3.05, 3.63) is 22.3 Å². The van der Waals surface area contributed by atoms with Gasteiger partial charge in [0.2, 0.25) is 0 Å². The normalized spacial score (nSPS) is 12.5. The Labute approximate surface area is 99.4 Å². The van der Waals surface area contributed by atoms with Gasteiger partial charge in [-0.15, -0.1) is 0 Å². The van der Waals surface area contributed by atoms with E-state index in [1.165, 1.54) is 0 Å². The lowest BCUT2D eigenvalue weighted by Gasteiger charge is -2.08. The SMILES string of the molecule is CC(O)CCCNc1ncc(Cl)cc1Cl. The number of halogens is 2. The van der Waals surface area contributed by atoms with E-state index in [-0.39, 0.29) is 6.10 Å². The summed E-state index contributed by atoms with van der Waals surface area (Å²) >= 11 is 11.6. The molecule has 0 aliphatic carbocycles. The van der Waals surface area contributed by atoms with E-state index in [0.717, 1.165) is 19.4 Å². The summed E-state index contributed by atoms with van der Waals surface area (Å²) in [5.41, 5.74) is 0. The van der Waals surface area contributed by atoms with Crippen molar-refractivity contribution in [3.8, 4) is 0 Å². The average molecular weight is 249 g/mol. The predicted octanol–water partition coefficient (Wildman–Crippen LogP) is 2.96. The van der Waals surface area contributed by atoms with Gasteiger partial charge in [-0.25, -0.2) is 4.98 Å². The first-order valence-corrected chi connectivity index (χ1v) is 5.58. The van der Waals surface area contributed by atoms with Crippen LogP contribution in [0, 0.1) is 0 Å². The van der Waals surface area contributed by atoms with Crippen LogP contribution in [0.3, 0.4) is 0 Å². The largest absolute Gasteiger partial charge is 0.393 e. The first-order chi connectivity index (χ1) is 7.09. The highest BCUT2D eigenvalue weighted by Gasteiger charge is 2.02. The molecule has 1 unspecified atom stereocenters. The maximum Gasteiger partial charge on any atom is 0.144 e. The molecule has 1 atom stereocenters. The summed E-state index contributed by atoms with van der Waals surface area (Å²) in [5, 5.41) is 13.2. The molecule has 1 heterocycles. The van der Waals surface area contributed by atoms with Gasteiger partial charge in [-0.1, -0.05) is 23.2 Å². The molecule has 1 aromatic rings. The zero-order valence-corrected chi connectivity index (χ0v) is 10.0. The van der Waals surface area contributed by atoms with Gasteiger partial charge in [-0.3, -0.25) is 0 Å². The number of aliphatic hydroxyl groups excluding tert-OH is 1. The summed E-state index contributed by atoms with van der Waals surface area (Å²) in [7, 11) is 0. The van der Waals surface area contributed by atoms with Crippen molar-refractivity contribution >= 4 is 29.0 Å². The van der Waals surface area contributed by atoms with Crippen LogP contribution >= 0.6 is 23.2 Å². The van der Waals surface area contributed by atoms with Gasteiger partial charge in [0, 0.05) is 12.7 Å². The van der Waals surface area contributed by atoms with E-state index >= 15 is 0 Å². The molecule has 1 aromatic heterocycles. The Morgan fingerprint density at radius 2 is 2.27 bits per heavy atom. The molecule has 15 heavy (non-hydrogen) atoms. The minimum Gasteiger partial charge on any atom is -0.393 e. The highest BCUT2D eigenvalue weighted by atomic mass is 35.5. The van der Waals surface area contributed by atoms with Crippen LogP contribution in [0.15, 0.2) is 12.3 Å². The summed E-state index contributed by atoms with van der Waals surface area (Å²) in [6, 6.07) is 1.65. The van der Waals surface area contributed by atoms with Gasteiger partial charge < -0.3 is 10.4 Å². The minimum absolute atomic E-state index is 0.263. The smallest absolute Gasteiger partial charge is 0.144 e. The third kappa shape index (κ3) is 4.69. The molecule has 0 saturated heterocycles. The Hall–Kier alpha value is -0.510. The molecule has 0 aromatic carbocycles. The molecule has 5 heteroatoms. The van der Waals surface area contributed by atoms with Crippen LogP contribution in [0.1, 0.15) is 19.8 Å². The molecule has 1 rings (SSSR count). The standard InChI is InChI=1S/C10H14Cl2N2O/c1-7(15)3-2-4-13-10-9(12)5-8(11)6-14-10/h5-7,15H,2-4H2,1H3,(H,13,14). The quantitative estimate of drug-likeness (QED) is 0.788. The van der Waals surface area contributed by atoms with Gasteiger partial charge >= 0.3 is 0 Å². The summed E-state index contributed by atoms with van der Waals surface area (Å²) in [4.78, 5) is 4.06. The van der Waals surface area contributed by atoms with E-state index in [0.29, 0.717) is 15.9 Å². The zero-order chi connectivity index (χ0) is 11.3. The van der Waals surface area contributed by atoms with E-state index in [2.05, 4.69) is 10.3 Å². The molecular weight excluding hydrogens is 235 g/mol. The minimum atomic E-state index is -0.263. The van der Waals surface area contributed by atoms with Crippen molar-refractivity contribution in [1.82, 2.24) is 4.98 Å². The Kier molecular flexibility index (Phi) is 5.15. The molecule has 0 aliphatic rings. The van der Waals surface area contributed by atoms with E-state index in [1.54, 1.807) is 19.2 Å². The molecule has 0 fully saturated rings. The lowest BCUT2D eigenvalue weighted by molar-refractivity contribution is 0.183. The second kappa shape index (κ2) is 6.16. The van der Waals surface area contributed by atoms with Crippen molar-refractivity contribution in [2.24, 2.45) is 0 Å². The summed E-state index contributed by atoms with van der Waals surface area (Å²) < 4.78 is 0. The molecule has 0 aliphatic heterocycles. The van der Waals surface area contributed by atoms with Gasteiger partial charge in [0.05, 0.1) is 16.1 Å². The van der Waals surface area contributed by atoms with E-state index < -0.39 is 0 Å². The Bertz CT molecular complexity index is 318. The van der Waals surface area contributed by atoms with Crippen LogP contribution in [0.4, 0.5) is 5.82 Å². The molecule has 0 bridgehead atoms. The first-order valence-electron chi connectivity index (χ1n) is 4.82. The summed E-state index contributed by atoms with van der Waals surface area (Å²) in [6.07, 6.45) is 2.92. The van der Waals surface area contributed by atoms with Crippen molar-refractivity contribution in [2.45, 2.75) is 25.9 Å². The van der Waals surface area contributed by atoms with Crippen molar-refractivity contribution in [1.29, 1.82) is 0 Å². The fourth-order valence-electron chi connectivity index (χ4n) is 1.15. The van der Waals surface area contributed by atoms with Gasteiger partial charge in [-0.2, -0.15) is 0 Å². The number of hydrogen-bond donors (Lipinski definition) is 2. The number of rotatable bonds is 5. The fraction of sp³-hybridized carbons (Fsp3) is 0.500. The number of anilines is 1. The van der Waals surface area contributed by atoms with E-state index in [1.807, 2.05) is 0 Å². The van der Waals surface area contributed by atoms with Crippen LogP contribution in [-0.2, 0) is 0 Å². The fourth-order valence-corrected chi connectivity index (χ4v) is 1.60.